The number of carboxylic acids is 1. The molecule has 0 saturated carbocycles. The van der Waals surface area contributed by atoms with Crippen molar-refractivity contribution >= 4 is 23.7 Å². The van der Waals surface area contributed by atoms with Crippen molar-refractivity contribution in [3.63, 3.8) is 0 Å². The summed E-state index contributed by atoms with van der Waals surface area (Å²) < 4.78 is 0. The van der Waals surface area contributed by atoms with Crippen LogP contribution in [0, 0.1) is 0 Å². The van der Waals surface area contributed by atoms with Gasteiger partial charge in [0.05, 0.1) is 12.5 Å². The van der Waals surface area contributed by atoms with Crippen molar-refractivity contribution in [3.8, 4) is 0 Å². The van der Waals surface area contributed by atoms with Gasteiger partial charge in [0.15, 0.2) is 0 Å². The molecule has 4 atom stereocenters. The van der Waals surface area contributed by atoms with Crippen molar-refractivity contribution in [2.75, 3.05) is 13.1 Å². The van der Waals surface area contributed by atoms with Gasteiger partial charge in [0, 0.05) is 19.1 Å². The normalized spacial score (nSPS) is 20.4. The summed E-state index contributed by atoms with van der Waals surface area (Å²) in [7, 11) is 0. The second-order valence-corrected chi connectivity index (χ2v) is 10.5. The van der Waals surface area contributed by atoms with Gasteiger partial charge in [-0.25, -0.2) is 0 Å². The summed E-state index contributed by atoms with van der Waals surface area (Å²) in [5.41, 5.74) is 8.29. The van der Waals surface area contributed by atoms with Crippen LogP contribution in [0.1, 0.15) is 49.7 Å². The van der Waals surface area contributed by atoms with Crippen molar-refractivity contribution in [2.24, 2.45) is 5.73 Å². The minimum absolute atomic E-state index is 0.215. The van der Waals surface area contributed by atoms with Crippen LogP contribution < -0.4 is 11.1 Å². The molecule has 2 aliphatic rings. The molecule has 2 aromatic rings. The van der Waals surface area contributed by atoms with Gasteiger partial charge in [-0.3, -0.25) is 19.2 Å². The fourth-order valence-electron chi connectivity index (χ4n) is 5.67. The van der Waals surface area contributed by atoms with Crippen molar-refractivity contribution in [3.05, 3.63) is 71.8 Å². The maximum atomic E-state index is 13.7. The standard InChI is InChI=1S/C30H38N4O5/c31-24(16-15-21-9-3-1-4-10-21)29(38)34-18-8-14-26(34)30(39)33-17-7-13-25(33)28(37)32-23(20-27(35)36)19-22-11-5-2-6-12-22/h1-6,9-12,23-26H,7-8,13-20,31H2,(H,32,37)(H,35,36)/t23-,24?,25-,26-/m0/s1. The largest absolute Gasteiger partial charge is 0.481 e. The third kappa shape index (κ3) is 7.44. The first-order valence-electron chi connectivity index (χ1n) is 13.8. The molecule has 4 rings (SSSR count). The number of likely N-dealkylation sites (tertiary alicyclic amines) is 2. The lowest BCUT2D eigenvalue weighted by Crippen LogP contribution is -2.56. The Morgan fingerprint density at radius 1 is 0.872 bits per heavy atom. The molecule has 9 heteroatoms. The molecule has 0 radical (unpaired) electrons. The van der Waals surface area contributed by atoms with Gasteiger partial charge in [0.2, 0.25) is 17.7 Å². The number of amides is 3. The zero-order valence-corrected chi connectivity index (χ0v) is 22.2. The van der Waals surface area contributed by atoms with E-state index in [0.717, 1.165) is 11.1 Å². The van der Waals surface area contributed by atoms with Crippen LogP contribution in [0.5, 0.6) is 0 Å². The number of nitrogens with zero attached hydrogens (tertiary/aromatic N) is 2. The van der Waals surface area contributed by atoms with E-state index in [2.05, 4.69) is 5.32 Å². The SMILES string of the molecule is NC(CCc1ccccc1)C(=O)N1CCC[C@H]1C(=O)N1CCC[C@H]1C(=O)N[C@H](CC(=O)O)Cc1ccccc1. The lowest BCUT2D eigenvalue weighted by molar-refractivity contribution is -0.147. The Morgan fingerprint density at radius 2 is 1.46 bits per heavy atom. The second-order valence-electron chi connectivity index (χ2n) is 10.5. The van der Waals surface area contributed by atoms with Crippen LogP contribution in [0.4, 0.5) is 0 Å². The average Bonchev–Trinajstić information content (AvgIpc) is 3.62. The molecule has 2 saturated heterocycles. The van der Waals surface area contributed by atoms with Crippen LogP contribution in [-0.2, 0) is 32.0 Å². The number of hydrogen-bond donors (Lipinski definition) is 3. The lowest BCUT2D eigenvalue weighted by Gasteiger charge is -2.32. The minimum atomic E-state index is -1.00. The predicted octanol–water partition coefficient (Wildman–Crippen LogP) is 2.13. The summed E-state index contributed by atoms with van der Waals surface area (Å²) in [4.78, 5) is 54.8. The van der Waals surface area contributed by atoms with Gasteiger partial charge in [-0.15, -0.1) is 0 Å². The predicted molar refractivity (Wildman–Crippen MR) is 147 cm³/mol. The van der Waals surface area contributed by atoms with Gasteiger partial charge in [-0.2, -0.15) is 0 Å². The van der Waals surface area contributed by atoms with Crippen molar-refractivity contribution < 1.29 is 24.3 Å². The Kier molecular flexibility index (Phi) is 9.70. The van der Waals surface area contributed by atoms with Gasteiger partial charge in [0.1, 0.15) is 12.1 Å². The van der Waals surface area contributed by atoms with E-state index in [9.17, 15) is 24.3 Å². The summed E-state index contributed by atoms with van der Waals surface area (Å²) in [6, 6.07) is 16.6. The van der Waals surface area contributed by atoms with E-state index in [1.807, 2.05) is 60.7 Å². The molecule has 2 fully saturated rings. The Labute approximate surface area is 229 Å². The monoisotopic (exact) mass is 534 g/mol. The van der Waals surface area contributed by atoms with Gasteiger partial charge < -0.3 is 26.0 Å². The molecule has 2 aliphatic heterocycles. The molecule has 0 aromatic heterocycles. The number of aliphatic carboxylic acids is 1. The van der Waals surface area contributed by atoms with Crippen LogP contribution in [0.15, 0.2) is 60.7 Å². The zero-order valence-electron chi connectivity index (χ0n) is 22.2. The molecule has 0 bridgehead atoms. The molecule has 2 aromatic carbocycles. The number of hydrogen-bond acceptors (Lipinski definition) is 5. The van der Waals surface area contributed by atoms with Crippen molar-refractivity contribution in [2.45, 2.75) is 75.5 Å². The first-order valence-corrected chi connectivity index (χ1v) is 13.8. The van der Waals surface area contributed by atoms with Crippen LogP contribution in [0.3, 0.4) is 0 Å². The number of nitrogens with one attached hydrogen (secondary N) is 1. The molecule has 39 heavy (non-hydrogen) atoms. The van der Waals surface area contributed by atoms with Crippen LogP contribution in [0.2, 0.25) is 0 Å². The smallest absolute Gasteiger partial charge is 0.305 e. The number of carboxylic acid groups (broad SMARTS) is 1. The van der Waals surface area contributed by atoms with E-state index < -0.39 is 30.1 Å². The molecule has 208 valence electrons. The van der Waals surface area contributed by atoms with Crippen LogP contribution in [-0.4, -0.2) is 75.9 Å². The molecular weight excluding hydrogens is 496 g/mol. The van der Waals surface area contributed by atoms with E-state index in [1.54, 1.807) is 9.80 Å². The van der Waals surface area contributed by atoms with Gasteiger partial charge >= 0.3 is 5.97 Å². The van der Waals surface area contributed by atoms with Gasteiger partial charge in [-0.05, 0) is 56.1 Å². The number of aryl methyl sites for hydroxylation is 1. The van der Waals surface area contributed by atoms with Gasteiger partial charge in [-0.1, -0.05) is 60.7 Å². The summed E-state index contributed by atoms with van der Waals surface area (Å²) in [5.74, 6) is -1.81. The molecule has 0 aliphatic carbocycles. The average molecular weight is 535 g/mol. The Hall–Kier alpha value is -3.72. The fourth-order valence-corrected chi connectivity index (χ4v) is 5.67. The Morgan fingerprint density at radius 3 is 2.10 bits per heavy atom. The zero-order chi connectivity index (χ0) is 27.8. The van der Waals surface area contributed by atoms with E-state index in [-0.39, 0.29) is 24.1 Å². The maximum Gasteiger partial charge on any atom is 0.305 e. The van der Waals surface area contributed by atoms with E-state index in [4.69, 9.17) is 5.73 Å². The number of rotatable bonds is 11. The van der Waals surface area contributed by atoms with Crippen LogP contribution in [0.25, 0.3) is 0 Å². The molecule has 0 spiro atoms. The molecule has 3 amide bonds. The van der Waals surface area contributed by atoms with E-state index >= 15 is 0 Å². The summed E-state index contributed by atoms with van der Waals surface area (Å²) in [6.07, 6.45) is 3.74. The second kappa shape index (κ2) is 13.4. The summed E-state index contributed by atoms with van der Waals surface area (Å²) >= 11 is 0. The highest BCUT2D eigenvalue weighted by Crippen LogP contribution is 2.26. The highest BCUT2D eigenvalue weighted by atomic mass is 16.4. The molecule has 9 nitrogen and oxygen atoms in total. The van der Waals surface area contributed by atoms with Gasteiger partial charge in [0.25, 0.3) is 0 Å². The molecule has 1 unspecified atom stereocenters. The van der Waals surface area contributed by atoms with Crippen molar-refractivity contribution in [1.82, 2.24) is 15.1 Å². The Balaban J connectivity index is 1.38. The number of carbonyl (C=O) groups excluding carboxylic acids is 3. The third-order valence-electron chi connectivity index (χ3n) is 7.66. The quantitative estimate of drug-likeness (QED) is 0.405. The maximum absolute atomic E-state index is 13.7. The lowest BCUT2D eigenvalue weighted by atomic mass is 10.0. The molecular formula is C30H38N4O5. The summed E-state index contributed by atoms with van der Waals surface area (Å²) in [5, 5.41) is 12.3. The number of carbonyl (C=O) groups is 4. The highest BCUT2D eigenvalue weighted by molar-refractivity contribution is 5.94. The Bertz CT molecular complexity index is 1140. The molecule has 4 N–H and O–H groups in total. The number of nitrogens with two attached hydrogens (primary N) is 1. The van der Waals surface area contributed by atoms with E-state index in [1.165, 1.54) is 0 Å². The third-order valence-corrected chi connectivity index (χ3v) is 7.66. The first kappa shape index (κ1) is 28.3. The summed E-state index contributed by atoms with van der Waals surface area (Å²) in [6.45, 7) is 0.897. The minimum Gasteiger partial charge on any atom is -0.481 e. The van der Waals surface area contributed by atoms with E-state index in [0.29, 0.717) is 58.0 Å². The van der Waals surface area contributed by atoms with Crippen LogP contribution >= 0.6 is 0 Å². The number of benzene rings is 2. The fraction of sp³-hybridized carbons (Fsp3) is 0.467. The first-order chi connectivity index (χ1) is 18.8. The topological polar surface area (TPSA) is 133 Å². The van der Waals surface area contributed by atoms with Crippen molar-refractivity contribution in [1.29, 1.82) is 0 Å². The highest BCUT2D eigenvalue weighted by Gasteiger charge is 2.43. The molecule has 2 heterocycles.